The average molecular weight is 335 g/mol. The Hall–Kier alpha value is -1.98. The van der Waals surface area contributed by atoms with Gasteiger partial charge in [-0.3, -0.25) is 4.79 Å². The molecular weight excluding hydrogens is 314 g/mol. The van der Waals surface area contributed by atoms with Gasteiger partial charge in [0.15, 0.2) is 6.54 Å². The quantitative estimate of drug-likeness (QED) is 0.856. The van der Waals surface area contributed by atoms with Crippen LogP contribution in [0.1, 0.15) is 5.76 Å². The molecule has 1 fully saturated rings. The molecule has 2 aromatic rings. The number of carbonyl (C=O) groups is 1. The molecule has 1 aromatic carbocycles. The van der Waals surface area contributed by atoms with Crippen molar-refractivity contribution in [2.75, 3.05) is 37.6 Å². The van der Waals surface area contributed by atoms with Crippen LogP contribution in [0, 0.1) is 0 Å². The van der Waals surface area contributed by atoms with E-state index < -0.39 is 0 Å². The Labute approximate surface area is 140 Å². The SMILES string of the molecule is O=C(C[NH+]1CCN(c2cccc(Cl)c2)CC1)NCc1ccco1. The molecule has 0 bridgehead atoms. The van der Waals surface area contributed by atoms with E-state index in [1.54, 1.807) is 6.26 Å². The third-order valence-corrected chi connectivity index (χ3v) is 4.33. The van der Waals surface area contributed by atoms with Crippen LogP contribution in [0.5, 0.6) is 0 Å². The van der Waals surface area contributed by atoms with Gasteiger partial charge in [0, 0.05) is 10.7 Å². The summed E-state index contributed by atoms with van der Waals surface area (Å²) in [6, 6.07) is 11.6. The molecule has 0 aliphatic carbocycles. The Kier molecular flexibility index (Phi) is 5.20. The topological polar surface area (TPSA) is 49.9 Å². The molecule has 0 spiro atoms. The van der Waals surface area contributed by atoms with E-state index in [0.29, 0.717) is 13.1 Å². The molecule has 0 saturated carbocycles. The number of nitrogens with one attached hydrogen (secondary N) is 2. The minimum absolute atomic E-state index is 0.0626. The van der Waals surface area contributed by atoms with Crippen molar-refractivity contribution in [2.24, 2.45) is 0 Å². The van der Waals surface area contributed by atoms with Crippen LogP contribution in [0.3, 0.4) is 0 Å². The van der Waals surface area contributed by atoms with Gasteiger partial charge in [-0.2, -0.15) is 0 Å². The smallest absolute Gasteiger partial charge is 0.275 e. The lowest BCUT2D eigenvalue weighted by molar-refractivity contribution is -0.892. The zero-order chi connectivity index (χ0) is 16.1. The fourth-order valence-corrected chi connectivity index (χ4v) is 3.00. The molecule has 5 nitrogen and oxygen atoms in total. The van der Waals surface area contributed by atoms with Crippen molar-refractivity contribution in [3.05, 3.63) is 53.4 Å². The monoisotopic (exact) mass is 334 g/mol. The summed E-state index contributed by atoms with van der Waals surface area (Å²) in [5, 5.41) is 3.66. The Morgan fingerprint density at radius 1 is 1.26 bits per heavy atom. The summed E-state index contributed by atoms with van der Waals surface area (Å²) >= 11 is 6.05. The number of amides is 1. The number of nitrogens with zero attached hydrogens (tertiary/aromatic N) is 1. The number of furan rings is 1. The molecule has 122 valence electrons. The first-order chi connectivity index (χ1) is 11.2. The number of quaternary nitrogens is 1. The predicted molar refractivity (Wildman–Crippen MR) is 89.8 cm³/mol. The molecule has 0 unspecified atom stereocenters. The van der Waals surface area contributed by atoms with Gasteiger partial charge in [-0.05, 0) is 30.3 Å². The number of carbonyl (C=O) groups excluding carboxylic acids is 1. The third kappa shape index (κ3) is 4.50. The summed E-state index contributed by atoms with van der Waals surface area (Å²) in [6.45, 7) is 4.71. The van der Waals surface area contributed by atoms with Crippen LogP contribution < -0.4 is 15.1 Å². The van der Waals surface area contributed by atoms with E-state index in [1.807, 2.05) is 30.3 Å². The minimum atomic E-state index is 0.0626. The van der Waals surface area contributed by atoms with Crippen molar-refractivity contribution in [1.82, 2.24) is 5.32 Å². The van der Waals surface area contributed by atoms with E-state index in [-0.39, 0.29) is 5.91 Å². The Bertz CT molecular complexity index is 637. The van der Waals surface area contributed by atoms with Crippen LogP contribution in [0.2, 0.25) is 5.02 Å². The summed E-state index contributed by atoms with van der Waals surface area (Å²) in [5.41, 5.74) is 1.15. The molecule has 1 saturated heterocycles. The maximum atomic E-state index is 12.0. The lowest BCUT2D eigenvalue weighted by Gasteiger charge is -2.33. The van der Waals surface area contributed by atoms with Gasteiger partial charge in [-0.15, -0.1) is 0 Å². The number of anilines is 1. The third-order valence-electron chi connectivity index (χ3n) is 4.09. The number of hydrogen-bond acceptors (Lipinski definition) is 3. The number of halogens is 1. The van der Waals surface area contributed by atoms with Crippen molar-refractivity contribution in [1.29, 1.82) is 0 Å². The lowest BCUT2D eigenvalue weighted by Crippen LogP contribution is -3.15. The van der Waals surface area contributed by atoms with Crippen molar-refractivity contribution >= 4 is 23.2 Å². The maximum absolute atomic E-state index is 12.0. The second kappa shape index (κ2) is 7.53. The van der Waals surface area contributed by atoms with Crippen LogP contribution in [0.25, 0.3) is 0 Å². The van der Waals surface area contributed by atoms with Crippen molar-refractivity contribution in [3.63, 3.8) is 0 Å². The van der Waals surface area contributed by atoms with Gasteiger partial charge in [0.25, 0.3) is 5.91 Å². The fraction of sp³-hybridized carbons (Fsp3) is 0.353. The van der Waals surface area contributed by atoms with Gasteiger partial charge in [-0.25, -0.2) is 0 Å². The van der Waals surface area contributed by atoms with E-state index in [2.05, 4.69) is 16.3 Å². The van der Waals surface area contributed by atoms with Gasteiger partial charge in [0.05, 0.1) is 39.0 Å². The molecule has 1 amide bonds. The van der Waals surface area contributed by atoms with Gasteiger partial charge in [0.2, 0.25) is 0 Å². The molecule has 23 heavy (non-hydrogen) atoms. The second-order valence-electron chi connectivity index (χ2n) is 5.75. The largest absolute Gasteiger partial charge is 0.467 e. The predicted octanol–water partition coefficient (Wildman–Crippen LogP) is 0.954. The number of hydrogen-bond donors (Lipinski definition) is 2. The zero-order valence-electron chi connectivity index (χ0n) is 12.9. The maximum Gasteiger partial charge on any atom is 0.275 e. The zero-order valence-corrected chi connectivity index (χ0v) is 13.7. The molecular formula is C17H21ClN3O2+. The summed E-state index contributed by atoms with van der Waals surface area (Å²) in [4.78, 5) is 15.6. The Morgan fingerprint density at radius 3 is 2.78 bits per heavy atom. The standard InChI is InChI=1S/C17H20ClN3O2/c18-14-3-1-4-15(11-14)21-8-6-20(7-9-21)13-17(22)19-12-16-5-2-10-23-16/h1-5,10-11H,6-9,12-13H2,(H,19,22)/p+1. The lowest BCUT2D eigenvalue weighted by atomic mass is 10.2. The minimum Gasteiger partial charge on any atom is -0.467 e. The van der Waals surface area contributed by atoms with Crippen LogP contribution in [-0.2, 0) is 11.3 Å². The molecule has 0 atom stereocenters. The highest BCUT2D eigenvalue weighted by Gasteiger charge is 2.22. The first-order valence-corrected chi connectivity index (χ1v) is 8.21. The van der Waals surface area contributed by atoms with Crippen molar-refractivity contribution < 1.29 is 14.1 Å². The second-order valence-corrected chi connectivity index (χ2v) is 6.19. The van der Waals surface area contributed by atoms with E-state index >= 15 is 0 Å². The van der Waals surface area contributed by atoms with Crippen LogP contribution in [0.4, 0.5) is 5.69 Å². The van der Waals surface area contributed by atoms with Crippen molar-refractivity contribution in [2.45, 2.75) is 6.54 Å². The van der Waals surface area contributed by atoms with Crippen LogP contribution in [-0.4, -0.2) is 38.6 Å². The number of benzene rings is 1. The van der Waals surface area contributed by atoms with Crippen LogP contribution in [0.15, 0.2) is 47.1 Å². The molecule has 1 aliphatic rings. The first-order valence-electron chi connectivity index (χ1n) is 7.84. The molecule has 1 aromatic heterocycles. The number of piperazine rings is 1. The van der Waals surface area contributed by atoms with Crippen LogP contribution >= 0.6 is 11.6 Å². The van der Waals surface area contributed by atoms with E-state index in [4.69, 9.17) is 16.0 Å². The number of rotatable bonds is 5. The highest BCUT2D eigenvalue weighted by atomic mass is 35.5. The summed E-state index contributed by atoms with van der Waals surface area (Å²) in [6.07, 6.45) is 1.61. The molecule has 6 heteroatoms. The average Bonchev–Trinajstić information content (AvgIpc) is 3.07. The van der Waals surface area contributed by atoms with E-state index in [0.717, 1.165) is 42.6 Å². The summed E-state index contributed by atoms with van der Waals surface area (Å²) in [7, 11) is 0. The molecule has 3 rings (SSSR count). The van der Waals surface area contributed by atoms with E-state index in [9.17, 15) is 4.79 Å². The van der Waals surface area contributed by atoms with Gasteiger partial charge in [0.1, 0.15) is 5.76 Å². The first kappa shape index (κ1) is 15.9. The van der Waals surface area contributed by atoms with Gasteiger partial charge < -0.3 is 19.5 Å². The Morgan fingerprint density at radius 2 is 2.09 bits per heavy atom. The summed E-state index contributed by atoms with van der Waals surface area (Å²) < 4.78 is 5.21. The molecule has 2 N–H and O–H groups in total. The molecule has 1 aliphatic heterocycles. The van der Waals surface area contributed by atoms with E-state index in [1.165, 1.54) is 4.90 Å². The fourth-order valence-electron chi connectivity index (χ4n) is 2.82. The molecule has 2 heterocycles. The van der Waals surface area contributed by atoms with Gasteiger partial charge >= 0.3 is 0 Å². The molecule has 0 radical (unpaired) electrons. The highest BCUT2D eigenvalue weighted by molar-refractivity contribution is 6.30. The van der Waals surface area contributed by atoms with Gasteiger partial charge in [-0.1, -0.05) is 17.7 Å². The summed E-state index contributed by atoms with van der Waals surface area (Å²) in [5.74, 6) is 0.840. The Balaban J connectivity index is 1.43. The van der Waals surface area contributed by atoms with Crippen molar-refractivity contribution in [3.8, 4) is 0 Å². The normalized spacial score (nSPS) is 15.6. The highest BCUT2D eigenvalue weighted by Crippen LogP contribution is 2.19.